The molecule has 0 aliphatic heterocycles. The van der Waals surface area contributed by atoms with E-state index in [1.807, 2.05) is 0 Å². The molecule has 0 aliphatic rings. The molecular weight excluding hydrogens is 256 g/mol. The predicted octanol–water partition coefficient (Wildman–Crippen LogP) is 4.21. The summed E-state index contributed by atoms with van der Waals surface area (Å²) in [5.41, 5.74) is 4.10. The van der Waals surface area contributed by atoms with Gasteiger partial charge < -0.3 is 10.2 Å². The fourth-order valence-corrected chi connectivity index (χ4v) is 2.51. The molecule has 21 heavy (non-hydrogen) atoms. The van der Waals surface area contributed by atoms with E-state index in [9.17, 15) is 0 Å². The van der Waals surface area contributed by atoms with Crippen molar-refractivity contribution in [2.24, 2.45) is 0 Å². The number of rotatable bonds is 8. The Morgan fingerprint density at radius 3 is 2.19 bits per heavy atom. The van der Waals surface area contributed by atoms with Gasteiger partial charge in [0.25, 0.3) is 0 Å². The third-order valence-electron chi connectivity index (χ3n) is 3.72. The van der Waals surface area contributed by atoms with Crippen LogP contribution in [0.15, 0.2) is 54.6 Å². The fraction of sp³-hybridized carbons (Fsp3) is 0.368. The van der Waals surface area contributed by atoms with Gasteiger partial charge in [-0.15, -0.1) is 0 Å². The highest BCUT2D eigenvalue weighted by Gasteiger charge is 2.08. The zero-order chi connectivity index (χ0) is 14.9. The van der Waals surface area contributed by atoms with Crippen LogP contribution in [-0.4, -0.2) is 13.1 Å². The molecule has 0 aromatic heterocycles. The lowest BCUT2D eigenvalue weighted by atomic mass is 10.1. The number of hydrogen-bond donors (Lipinski definition) is 1. The van der Waals surface area contributed by atoms with E-state index in [2.05, 4.69) is 78.7 Å². The van der Waals surface area contributed by atoms with E-state index in [0.717, 1.165) is 26.2 Å². The molecule has 0 heterocycles. The van der Waals surface area contributed by atoms with Crippen molar-refractivity contribution >= 4 is 5.69 Å². The average molecular weight is 282 g/mol. The molecule has 0 spiro atoms. The summed E-state index contributed by atoms with van der Waals surface area (Å²) in [7, 11) is 0. The Balaban J connectivity index is 2.10. The third kappa shape index (κ3) is 4.61. The molecule has 0 aliphatic carbocycles. The normalized spacial score (nSPS) is 10.6. The first-order valence-corrected chi connectivity index (χ1v) is 7.92. The van der Waals surface area contributed by atoms with Crippen molar-refractivity contribution in [1.82, 2.24) is 5.32 Å². The van der Waals surface area contributed by atoms with E-state index >= 15 is 0 Å². The van der Waals surface area contributed by atoms with Crippen LogP contribution in [0.2, 0.25) is 0 Å². The molecule has 1 N–H and O–H groups in total. The number of benzene rings is 2. The molecule has 2 heteroatoms. The van der Waals surface area contributed by atoms with Crippen LogP contribution in [0, 0.1) is 0 Å². The van der Waals surface area contributed by atoms with Crippen LogP contribution in [-0.2, 0) is 13.1 Å². The lowest BCUT2D eigenvalue weighted by Crippen LogP contribution is -2.23. The Kier molecular flexibility index (Phi) is 6.29. The van der Waals surface area contributed by atoms with E-state index in [4.69, 9.17) is 0 Å². The minimum atomic E-state index is 0.955. The van der Waals surface area contributed by atoms with Crippen LogP contribution in [0.4, 0.5) is 5.69 Å². The predicted molar refractivity (Wildman–Crippen MR) is 91.6 cm³/mol. The Hall–Kier alpha value is -1.80. The summed E-state index contributed by atoms with van der Waals surface area (Å²) in [6, 6.07) is 19.4. The quantitative estimate of drug-likeness (QED) is 0.730. The minimum Gasteiger partial charge on any atom is -0.367 e. The third-order valence-corrected chi connectivity index (χ3v) is 3.72. The second kappa shape index (κ2) is 8.48. The van der Waals surface area contributed by atoms with Gasteiger partial charge in [-0.1, -0.05) is 49.4 Å². The minimum absolute atomic E-state index is 0.955. The maximum atomic E-state index is 3.50. The fourth-order valence-electron chi connectivity index (χ4n) is 2.51. The average Bonchev–Trinajstić information content (AvgIpc) is 2.55. The number of nitrogens with one attached hydrogen (secondary N) is 1. The van der Waals surface area contributed by atoms with E-state index < -0.39 is 0 Å². The highest BCUT2D eigenvalue weighted by molar-refractivity contribution is 5.47. The maximum absolute atomic E-state index is 3.50. The van der Waals surface area contributed by atoms with Crippen molar-refractivity contribution in [3.05, 3.63) is 65.7 Å². The summed E-state index contributed by atoms with van der Waals surface area (Å²) in [4.78, 5) is 2.42. The topological polar surface area (TPSA) is 15.3 Å². The van der Waals surface area contributed by atoms with E-state index in [1.165, 1.54) is 23.2 Å². The van der Waals surface area contributed by atoms with Crippen molar-refractivity contribution in [3.63, 3.8) is 0 Å². The van der Waals surface area contributed by atoms with Crippen molar-refractivity contribution in [1.29, 1.82) is 0 Å². The maximum Gasteiger partial charge on any atom is 0.0432 e. The lowest BCUT2D eigenvalue weighted by molar-refractivity contribution is 0.668. The summed E-state index contributed by atoms with van der Waals surface area (Å²) < 4.78 is 0. The molecular formula is C19H26N2. The van der Waals surface area contributed by atoms with Crippen LogP contribution >= 0.6 is 0 Å². The SMILES string of the molecule is CCCNCc1ccccc1CN(CC)c1ccccc1. The van der Waals surface area contributed by atoms with Crippen LogP contribution < -0.4 is 10.2 Å². The van der Waals surface area contributed by atoms with Crippen molar-refractivity contribution in [3.8, 4) is 0 Å². The van der Waals surface area contributed by atoms with E-state index in [1.54, 1.807) is 0 Å². The number of nitrogens with zero attached hydrogens (tertiary/aromatic N) is 1. The Bertz CT molecular complexity index is 522. The first kappa shape index (κ1) is 15.6. The van der Waals surface area contributed by atoms with Crippen molar-refractivity contribution in [2.75, 3.05) is 18.0 Å². The van der Waals surface area contributed by atoms with Gasteiger partial charge in [-0.2, -0.15) is 0 Å². The molecule has 2 rings (SSSR count). The van der Waals surface area contributed by atoms with Gasteiger partial charge in [0.1, 0.15) is 0 Å². The van der Waals surface area contributed by atoms with Crippen LogP contribution in [0.1, 0.15) is 31.4 Å². The molecule has 112 valence electrons. The molecule has 2 nitrogen and oxygen atoms in total. The van der Waals surface area contributed by atoms with Gasteiger partial charge in [0.2, 0.25) is 0 Å². The molecule has 0 amide bonds. The van der Waals surface area contributed by atoms with Crippen molar-refractivity contribution < 1.29 is 0 Å². The monoisotopic (exact) mass is 282 g/mol. The number of hydrogen-bond acceptors (Lipinski definition) is 2. The Labute approximate surface area is 128 Å². The van der Waals surface area contributed by atoms with Gasteiger partial charge in [0.15, 0.2) is 0 Å². The second-order valence-corrected chi connectivity index (χ2v) is 5.30. The molecule has 2 aromatic rings. The summed E-state index contributed by atoms with van der Waals surface area (Å²) >= 11 is 0. The number of anilines is 1. The highest BCUT2D eigenvalue weighted by atomic mass is 15.1. The second-order valence-electron chi connectivity index (χ2n) is 5.30. The molecule has 0 radical (unpaired) electrons. The highest BCUT2D eigenvalue weighted by Crippen LogP contribution is 2.18. The summed E-state index contributed by atoms with van der Waals surface area (Å²) in [6.07, 6.45) is 1.17. The van der Waals surface area contributed by atoms with Crippen LogP contribution in [0.3, 0.4) is 0 Å². The van der Waals surface area contributed by atoms with Gasteiger partial charge in [0, 0.05) is 25.3 Å². The van der Waals surface area contributed by atoms with Gasteiger partial charge in [-0.05, 0) is 43.1 Å². The standard InChI is InChI=1S/C19H26N2/c1-3-14-20-15-17-10-8-9-11-18(17)16-21(4-2)19-12-6-5-7-13-19/h5-13,20H,3-4,14-16H2,1-2H3. The zero-order valence-electron chi connectivity index (χ0n) is 13.2. The summed E-state index contributed by atoms with van der Waals surface area (Å²) in [6.45, 7) is 8.42. The largest absolute Gasteiger partial charge is 0.367 e. The molecule has 0 fully saturated rings. The summed E-state index contributed by atoms with van der Waals surface area (Å²) in [5.74, 6) is 0. The molecule has 0 atom stereocenters. The van der Waals surface area contributed by atoms with Gasteiger partial charge in [0.05, 0.1) is 0 Å². The molecule has 0 saturated carbocycles. The van der Waals surface area contributed by atoms with E-state index in [-0.39, 0.29) is 0 Å². The smallest absolute Gasteiger partial charge is 0.0432 e. The van der Waals surface area contributed by atoms with Crippen LogP contribution in [0.25, 0.3) is 0 Å². The Morgan fingerprint density at radius 1 is 0.857 bits per heavy atom. The van der Waals surface area contributed by atoms with Crippen LogP contribution in [0.5, 0.6) is 0 Å². The zero-order valence-corrected chi connectivity index (χ0v) is 13.2. The first-order valence-electron chi connectivity index (χ1n) is 7.92. The lowest BCUT2D eigenvalue weighted by Gasteiger charge is -2.24. The number of para-hydroxylation sites is 1. The first-order chi connectivity index (χ1) is 10.3. The molecule has 2 aromatic carbocycles. The van der Waals surface area contributed by atoms with E-state index in [0.29, 0.717) is 0 Å². The molecule has 0 saturated heterocycles. The van der Waals surface area contributed by atoms with Gasteiger partial charge >= 0.3 is 0 Å². The van der Waals surface area contributed by atoms with Crippen molar-refractivity contribution in [2.45, 2.75) is 33.4 Å². The Morgan fingerprint density at radius 2 is 1.52 bits per heavy atom. The van der Waals surface area contributed by atoms with Gasteiger partial charge in [-0.3, -0.25) is 0 Å². The summed E-state index contributed by atoms with van der Waals surface area (Å²) in [5, 5.41) is 3.50. The van der Waals surface area contributed by atoms with Gasteiger partial charge in [-0.25, -0.2) is 0 Å². The molecule has 0 bridgehead atoms. The molecule has 0 unspecified atom stereocenters.